The lowest BCUT2D eigenvalue weighted by Crippen LogP contribution is -1.85. The summed E-state index contributed by atoms with van der Waals surface area (Å²) in [6.07, 6.45) is 3.82. The van der Waals surface area contributed by atoms with Crippen LogP contribution in [0.1, 0.15) is 19.1 Å². The van der Waals surface area contributed by atoms with Crippen molar-refractivity contribution in [2.75, 3.05) is 12.4 Å². The van der Waals surface area contributed by atoms with Crippen LogP contribution in [0.4, 0.5) is 6.01 Å². The number of anilines is 1. The van der Waals surface area contributed by atoms with Crippen molar-refractivity contribution >= 4 is 6.01 Å². The molecule has 0 bridgehead atoms. The normalized spacial score (nSPS) is 9.80. The lowest BCUT2D eigenvalue weighted by molar-refractivity contribution is 0.516. The van der Waals surface area contributed by atoms with E-state index in [2.05, 4.69) is 17.2 Å². The van der Waals surface area contributed by atoms with Crippen LogP contribution in [0.2, 0.25) is 0 Å². The predicted molar refractivity (Wildman–Crippen MR) is 40.0 cm³/mol. The van der Waals surface area contributed by atoms with E-state index in [1.165, 1.54) is 0 Å². The maximum atomic E-state index is 5.25. The van der Waals surface area contributed by atoms with Gasteiger partial charge in [-0.3, -0.25) is 0 Å². The summed E-state index contributed by atoms with van der Waals surface area (Å²) in [6, 6.07) is 0.600. The Hall–Kier alpha value is -0.990. The molecule has 0 aromatic carbocycles. The molecule has 0 saturated carbocycles. The Kier molecular flexibility index (Phi) is 2.31. The fraction of sp³-hybridized carbons (Fsp3) is 0.571. The lowest BCUT2D eigenvalue weighted by atomic mass is 10.3. The van der Waals surface area contributed by atoms with Crippen molar-refractivity contribution in [1.29, 1.82) is 0 Å². The fourth-order valence-electron chi connectivity index (χ4n) is 0.785. The van der Waals surface area contributed by atoms with Gasteiger partial charge in [-0.25, -0.2) is 4.98 Å². The molecule has 0 aliphatic carbocycles. The van der Waals surface area contributed by atoms with E-state index in [1.807, 2.05) is 0 Å². The van der Waals surface area contributed by atoms with Gasteiger partial charge in [0, 0.05) is 13.5 Å². The quantitative estimate of drug-likeness (QED) is 0.694. The standard InChI is InChI=1S/C7H12N2O/c1-3-4-6-5-9-7(8-2)10-6/h5H,3-4H2,1-2H3,(H,8,9). The molecule has 1 N–H and O–H groups in total. The van der Waals surface area contributed by atoms with Gasteiger partial charge in [0.2, 0.25) is 0 Å². The lowest BCUT2D eigenvalue weighted by Gasteiger charge is -1.89. The van der Waals surface area contributed by atoms with Crippen molar-refractivity contribution < 1.29 is 4.42 Å². The highest BCUT2D eigenvalue weighted by Gasteiger charge is 1.98. The van der Waals surface area contributed by atoms with Crippen molar-refractivity contribution in [2.45, 2.75) is 19.8 Å². The maximum absolute atomic E-state index is 5.25. The number of nitrogens with zero attached hydrogens (tertiary/aromatic N) is 1. The number of rotatable bonds is 3. The number of aromatic nitrogens is 1. The van der Waals surface area contributed by atoms with Crippen molar-refractivity contribution in [3.05, 3.63) is 12.0 Å². The van der Waals surface area contributed by atoms with Gasteiger partial charge in [0.1, 0.15) is 5.76 Å². The molecule has 56 valence electrons. The van der Waals surface area contributed by atoms with Crippen molar-refractivity contribution in [3.63, 3.8) is 0 Å². The minimum Gasteiger partial charge on any atom is -0.429 e. The van der Waals surface area contributed by atoms with Gasteiger partial charge in [-0.1, -0.05) is 6.92 Å². The Morgan fingerprint density at radius 3 is 3.00 bits per heavy atom. The first-order valence-electron chi connectivity index (χ1n) is 3.49. The molecule has 0 radical (unpaired) electrons. The second kappa shape index (κ2) is 3.25. The first kappa shape index (κ1) is 7.12. The minimum atomic E-state index is 0.600. The second-order valence-electron chi connectivity index (χ2n) is 2.13. The van der Waals surface area contributed by atoms with Gasteiger partial charge in [0.05, 0.1) is 6.20 Å². The molecular formula is C7H12N2O. The zero-order chi connectivity index (χ0) is 7.40. The van der Waals surface area contributed by atoms with Crippen LogP contribution in [-0.2, 0) is 6.42 Å². The SMILES string of the molecule is CCCc1cnc(NC)o1. The van der Waals surface area contributed by atoms with Crippen LogP contribution in [0.15, 0.2) is 10.6 Å². The molecule has 0 fully saturated rings. The molecule has 0 saturated heterocycles. The summed E-state index contributed by atoms with van der Waals surface area (Å²) in [5, 5.41) is 2.83. The molecule has 10 heavy (non-hydrogen) atoms. The number of oxazole rings is 1. The van der Waals surface area contributed by atoms with Gasteiger partial charge in [-0.15, -0.1) is 0 Å². The Morgan fingerprint density at radius 2 is 2.50 bits per heavy atom. The van der Waals surface area contributed by atoms with Crippen LogP contribution in [-0.4, -0.2) is 12.0 Å². The van der Waals surface area contributed by atoms with E-state index in [0.29, 0.717) is 6.01 Å². The molecule has 0 atom stereocenters. The summed E-state index contributed by atoms with van der Waals surface area (Å²) < 4.78 is 5.25. The van der Waals surface area contributed by atoms with Crippen molar-refractivity contribution in [2.24, 2.45) is 0 Å². The molecule has 3 nitrogen and oxygen atoms in total. The van der Waals surface area contributed by atoms with Gasteiger partial charge in [0.15, 0.2) is 0 Å². The van der Waals surface area contributed by atoms with E-state index in [9.17, 15) is 0 Å². The second-order valence-corrected chi connectivity index (χ2v) is 2.13. The number of aryl methyl sites for hydroxylation is 1. The molecule has 0 amide bonds. The zero-order valence-corrected chi connectivity index (χ0v) is 6.35. The molecule has 0 aliphatic heterocycles. The average molecular weight is 140 g/mol. The molecular weight excluding hydrogens is 128 g/mol. The third kappa shape index (κ3) is 1.50. The van der Waals surface area contributed by atoms with E-state index < -0.39 is 0 Å². The Morgan fingerprint density at radius 1 is 1.70 bits per heavy atom. The molecule has 0 spiro atoms. The molecule has 1 rings (SSSR count). The van der Waals surface area contributed by atoms with Crippen LogP contribution >= 0.6 is 0 Å². The van der Waals surface area contributed by atoms with Crippen LogP contribution in [0.3, 0.4) is 0 Å². The van der Waals surface area contributed by atoms with E-state index in [-0.39, 0.29) is 0 Å². The number of hydrogen-bond donors (Lipinski definition) is 1. The molecule has 1 aromatic heterocycles. The van der Waals surface area contributed by atoms with E-state index in [1.54, 1.807) is 13.2 Å². The summed E-state index contributed by atoms with van der Waals surface area (Å²) in [6.45, 7) is 2.11. The monoisotopic (exact) mass is 140 g/mol. The van der Waals surface area contributed by atoms with Crippen LogP contribution in [0.25, 0.3) is 0 Å². The molecule has 0 aliphatic rings. The highest BCUT2D eigenvalue weighted by atomic mass is 16.4. The maximum Gasteiger partial charge on any atom is 0.294 e. The van der Waals surface area contributed by atoms with Crippen molar-refractivity contribution in [1.82, 2.24) is 4.98 Å². The van der Waals surface area contributed by atoms with E-state index >= 15 is 0 Å². The van der Waals surface area contributed by atoms with Crippen LogP contribution < -0.4 is 5.32 Å². The van der Waals surface area contributed by atoms with Crippen LogP contribution in [0, 0.1) is 0 Å². The van der Waals surface area contributed by atoms with Gasteiger partial charge in [-0.05, 0) is 6.42 Å². The third-order valence-corrected chi connectivity index (χ3v) is 1.26. The number of hydrogen-bond acceptors (Lipinski definition) is 3. The fourth-order valence-corrected chi connectivity index (χ4v) is 0.785. The molecule has 0 unspecified atom stereocenters. The first-order chi connectivity index (χ1) is 4.86. The number of nitrogens with one attached hydrogen (secondary N) is 1. The third-order valence-electron chi connectivity index (χ3n) is 1.26. The van der Waals surface area contributed by atoms with E-state index in [0.717, 1.165) is 18.6 Å². The van der Waals surface area contributed by atoms with Gasteiger partial charge >= 0.3 is 0 Å². The molecule has 3 heteroatoms. The zero-order valence-electron chi connectivity index (χ0n) is 6.35. The predicted octanol–water partition coefficient (Wildman–Crippen LogP) is 1.67. The minimum absolute atomic E-state index is 0.600. The summed E-state index contributed by atoms with van der Waals surface area (Å²) in [5.41, 5.74) is 0. The highest BCUT2D eigenvalue weighted by Crippen LogP contribution is 2.08. The highest BCUT2D eigenvalue weighted by molar-refractivity contribution is 5.18. The smallest absolute Gasteiger partial charge is 0.294 e. The van der Waals surface area contributed by atoms with E-state index in [4.69, 9.17) is 4.42 Å². The van der Waals surface area contributed by atoms with Gasteiger partial charge < -0.3 is 9.73 Å². The largest absolute Gasteiger partial charge is 0.429 e. The van der Waals surface area contributed by atoms with Gasteiger partial charge in [-0.2, -0.15) is 0 Å². The van der Waals surface area contributed by atoms with Crippen molar-refractivity contribution in [3.8, 4) is 0 Å². The van der Waals surface area contributed by atoms with Gasteiger partial charge in [0.25, 0.3) is 6.01 Å². The van der Waals surface area contributed by atoms with Crippen LogP contribution in [0.5, 0.6) is 0 Å². The topological polar surface area (TPSA) is 38.1 Å². The molecule has 1 aromatic rings. The Balaban J connectivity index is 2.59. The molecule has 1 heterocycles. The summed E-state index contributed by atoms with van der Waals surface area (Å²) in [7, 11) is 1.79. The first-order valence-corrected chi connectivity index (χ1v) is 3.49. The summed E-state index contributed by atoms with van der Waals surface area (Å²) in [5.74, 6) is 0.951. The summed E-state index contributed by atoms with van der Waals surface area (Å²) in [4.78, 5) is 3.98. The summed E-state index contributed by atoms with van der Waals surface area (Å²) >= 11 is 0. The Bertz CT molecular complexity index is 195. The average Bonchev–Trinajstić information content (AvgIpc) is 2.37. The Labute approximate surface area is 60.5 Å².